The van der Waals surface area contributed by atoms with Gasteiger partial charge in [0.05, 0.1) is 0 Å². The summed E-state index contributed by atoms with van der Waals surface area (Å²) >= 11 is 0. The van der Waals surface area contributed by atoms with E-state index >= 15 is 0 Å². The number of ether oxygens (including phenoxy) is 1. The molecule has 2 rings (SSSR count). The molecular weight excluding hydrogens is 292 g/mol. The number of nitrogens with zero attached hydrogens (tertiary/aromatic N) is 2. The second-order valence-electron chi connectivity index (χ2n) is 6.75. The summed E-state index contributed by atoms with van der Waals surface area (Å²) < 4.78 is 7.42. The van der Waals surface area contributed by atoms with E-state index in [1.807, 2.05) is 42.8 Å². The summed E-state index contributed by atoms with van der Waals surface area (Å²) in [4.78, 5) is 25.4. The van der Waals surface area contributed by atoms with Crippen LogP contribution in [0.3, 0.4) is 0 Å². The molecule has 23 heavy (non-hydrogen) atoms. The number of fused-ring (bicyclic) bond motifs is 1. The topological polar surface area (TPSA) is 51.5 Å². The van der Waals surface area contributed by atoms with Crippen molar-refractivity contribution in [1.82, 2.24) is 9.47 Å². The van der Waals surface area contributed by atoms with E-state index in [0.29, 0.717) is 0 Å². The van der Waals surface area contributed by atoms with Crippen molar-refractivity contribution in [3.63, 3.8) is 0 Å². The number of hydrogen-bond acceptors (Lipinski definition) is 3. The van der Waals surface area contributed by atoms with Gasteiger partial charge in [0.2, 0.25) is 0 Å². The minimum absolute atomic E-state index is 0.512. The van der Waals surface area contributed by atoms with Crippen molar-refractivity contribution in [3.8, 4) is 0 Å². The van der Waals surface area contributed by atoms with Crippen LogP contribution in [0.5, 0.6) is 0 Å². The Kier molecular flexibility index (Phi) is 4.50. The molecule has 0 aliphatic carbocycles. The number of rotatable bonds is 3. The fourth-order valence-corrected chi connectivity index (χ4v) is 2.72. The third-order valence-corrected chi connectivity index (χ3v) is 3.97. The lowest BCUT2D eigenvalue weighted by molar-refractivity contribution is -0.112. The van der Waals surface area contributed by atoms with Crippen molar-refractivity contribution in [3.05, 3.63) is 35.5 Å². The number of benzene rings is 1. The van der Waals surface area contributed by atoms with Crippen molar-refractivity contribution in [2.24, 2.45) is 7.05 Å². The zero-order valence-electron chi connectivity index (χ0n) is 14.6. The van der Waals surface area contributed by atoms with E-state index in [4.69, 9.17) is 4.74 Å². The number of amides is 1. The molecule has 0 fully saturated rings. The number of hydrogen-bond donors (Lipinski definition) is 0. The van der Waals surface area contributed by atoms with Gasteiger partial charge in [-0.25, -0.2) is 4.79 Å². The normalized spacial score (nSPS) is 13.0. The van der Waals surface area contributed by atoms with E-state index in [9.17, 15) is 9.59 Å². The number of aryl methyl sites for hydroxylation is 1. The highest BCUT2D eigenvalue weighted by Crippen LogP contribution is 2.32. The molecule has 0 bridgehead atoms. The monoisotopic (exact) mass is 316 g/mol. The smallest absolute Gasteiger partial charge is 0.410 e. The number of likely N-dealkylation sites (N-methyl/N-ethyl adjacent to an activating group) is 1. The quantitative estimate of drug-likeness (QED) is 0.813. The van der Waals surface area contributed by atoms with Gasteiger partial charge < -0.3 is 14.1 Å². The largest absolute Gasteiger partial charge is 0.444 e. The molecule has 0 aliphatic heterocycles. The third-order valence-electron chi connectivity index (χ3n) is 3.97. The molecule has 0 N–H and O–H groups in total. The number of carbonyl (C=O) groups is 2. The Morgan fingerprint density at radius 2 is 1.91 bits per heavy atom. The van der Waals surface area contributed by atoms with Crippen LogP contribution in [0.25, 0.3) is 10.9 Å². The lowest BCUT2D eigenvalue weighted by atomic mass is 10.0. The Morgan fingerprint density at radius 1 is 1.30 bits per heavy atom. The summed E-state index contributed by atoms with van der Waals surface area (Å²) in [7, 11) is 3.55. The van der Waals surface area contributed by atoms with Crippen LogP contribution < -0.4 is 0 Å². The fourth-order valence-electron chi connectivity index (χ4n) is 2.72. The first-order valence-electron chi connectivity index (χ1n) is 7.62. The maximum atomic E-state index is 12.3. The van der Waals surface area contributed by atoms with Gasteiger partial charge in [-0.15, -0.1) is 0 Å². The standard InChI is InChI=1S/C18H24N2O3/c1-12-16(13-9-7-8-10-14(13)19(12)5)15(11-21)20(6)17(22)23-18(2,3)4/h7-11,15H,1-6H3. The zero-order chi connectivity index (χ0) is 17.4. The van der Waals surface area contributed by atoms with Crippen LogP contribution in [-0.4, -0.2) is 34.5 Å². The number of para-hydroxylation sites is 1. The molecule has 5 heteroatoms. The molecule has 1 aromatic heterocycles. The molecule has 1 heterocycles. The van der Waals surface area contributed by atoms with Gasteiger partial charge in [0.25, 0.3) is 0 Å². The van der Waals surface area contributed by atoms with E-state index in [-0.39, 0.29) is 0 Å². The van der Waals surface area contributed by atoms with E-state index in [1.54, 1.807) is 27.8 Å². The second-order valence-corrected chi connectivity index (χ2v) is 6.75. The Hall–Kier alpha value is -2.30. The molecule has 1 amide bonds. The average molecular weight is 316 g/mol. The van der Waals surface area contributed by atoms with Crippen LogP contribution in [0, 0.1) is 6.92 Å². The lowest BCUT2D eigenvalue weighted by Gasteiger charge is -2.28. The maximum absolute atomic E-state index is 12.3. The molecule has 0 spiro atoms. The molecule has 2 aromatic rings. The van der Waals surface area contributed by atoms with Crippen LogP contribution >= 0.6 is 0 Å². The number of aromatic nitrogens is 1. The van der Waals surface area contributed by atoms with Gasteiger partial charge >= 0.3 is 6.09 Å². The molecule has 124 valence electrons. The molecule has 1 atom stereocenters. The van der Waals surface area contributed by atoms with Crippen LogP contribution in [0.1, 0.15) is 38.1 Å². The minimum atomic E-state index is -0.684. The van der Waals surface area contributed by atoms with Crippen LogP contribution in [0.4, 0.5) is 4.79 Å². The molecular formula is C18H24N2O3. The van der Waals surface area contributed by atoms with Crippen molar-refractivity contribution in [2.75, 3.05) is 7.05 Å². The summed E-state index contributed by atoms with van der Waals surface area (Å²) in [6, 6.07) is 7.17. The molecule has 0 radical (unpaired) electrons. The van der Waals surface area contributed by atoms with E-state index < -0.39 is 17.7 Å². The third kappa shape index (κ3) is 3.23. The molecule has 0 saturated heterocycles. The van der Waals surface area contributed by atoms with Crippen molar-refractivity contribution in [2.45, 2.75) is 39.3 Å². The highest BCUT2D eigenvalue weighted by atomic mass is 16.6. The molecule has 0 saturated carbocycles. The Balaban J connectivity index is 2.48. The summed E-state index contributed by atoms with van der Waals surface area (Å²) in [5, 5.41) is 0.972. The van der Waals surface area contributed by atoms with Gasteiger partial charge in [-0.05, 0) is 33.8 Å². The van der Waals surface area contributed by atoms with Crippen LogP contribution in [-0.2, 0) is 16.6 Å². The summed E-state index contributed by atoms with van der Waals surface area (Å²) in [5.74, 6) is 0. The van der Waals surface area contributed by atoms with Gasteiger partial charge in [0.15, 0.2) is 0 Å². The van der Waals surface area contributed by atoms with E-state index in [2.05, 4.69) is 0 Å². The first-order chi connectivity index (χ1) is 10.7. The highest BCUT2D eigenvalue weighted by Gasteiger charge is 2.29. The predicted octanol–water partition coefficient (Wildman–Crippen LogP) is 3.59. The Labute approximate surface area is 136 Å². The van der Waals surface area contributed by atoms with Crippen LogP contribution in [0.15, 0.2) is 24.3 Å². The second kappa shape index (κ2) is 6.07. The van der Waals surface area contributed by atoms with Crippen molar-refractivity contribution >= 4 is 23.3 Å². The first-order valence-corrected chi connectivity index (χ1v) is 7.62. The SMILES string of the molecule is Cc1c(C(C=O)N(C)C(=O)OC(C)(C)C)c2ccccc2n1C. The van der Waals surface area contributed by atoms with Gasteiger partial charge in [-0.3, -0.25) is 4.90 Å². The molecule has 0 aliphatic rings. The highest BCUT2D eigenvalue weighted by molar-refractivity contribution is 5.90. The van der Waals surface area contributed by atoms with Gasteiger partial charge in [-0.2, -0.15) is 0 Å². The Bertz CT molecular complexity index is 741. The van der Waals surface area contributed by atoms with Gasteiger partial charge in [0, 0.05) is 36.3 Å². The van der Waals surface area contributed by atoms with Crippen molar-refractivity contribution in [1.29, 1.82) is 0 Å². The Morgan fingerprint density at radius 3 is 2.48 bits per heavy atom. The first kappa shape index (κ1) is 17.1. The number of aldehydes is 1. The predicted molar refractivity (Wildman–Crippen MR) is 90.5 cm³/mol. The van der Waals surface area contributed by atoms with Crippen molar-refractivity contribution < 1.29 is 14.3 Å². The molecule has 1 aromatic carbocycles. The summed E-state index contributed by atoms with van der Waals surface area (Å²) in [6.45, 7) is 7.36. The van der Waals surface area contributed by atoms with E-state index in [1.165, 1.54) is 4.90 Å². The average Bonchev–Trinajstić information content (AvgIpc) is 2.72. The van der Waals surface area contributed by atoms with Gasteiger partial charge in [0.1, 0.15) is 17.9 Å². The summed E-state index contributed by atoms with van der Waals surface area (Å²) in [5.41, 5.74) is 2.22. The minimum Gasteiger partial charge on any atom is -0.444 e. The van der Waals surface area contributed by atoms with E-state index in [0.717, 1.165) is 28.4 Å². The molecule has 1 unspecified atom stereocenters. The molecule has 5 nitrogen and oxygen atoms in total. The van der Waals surface area contributed by atoms with Gasteiger partial charge in [-0.1, -0.05) is 18.2 Å². The lowest BCUT2D eigenvalue weighted by Crippen LogP contribution is -2.37. The maximum Gasteiger partial charge on any atom is 0.410 e. The zero-order valence-corrected chi connectivity index (χ0v) is 14.6. The fraction of sp³-hybridized carbons (Fsp3) is 0.444. The number of carbonyl (C=O) groups excluding carboxylic acids is 2. The summed E-state index contributed by atoms with van der Waals surface area (Å²) in [6.07, 6.45) is 0.278. The van der Waals surface area contributed by atoms with Crippen LogP contribution in [0.2, 0.25) is 0 Å².